The predicted molar refractivity (Wildman–Crippen MR) is 146 cm³/mol. The first-order valence-electron chi connectivity index (χ1n) is 13.4. The maximum atomic E-state index is 12.4. The molecule has 0 radical (unpaired) electrons. The number of ether oxygens (including phenoxy) is 1. The fourth-order valence-corrected chi connectivity index (χ4v) is 6.87. The summed E-state index contributed by atoms with van der Waals surface area (Å²) in [4.78, 5) is 4.57. The van der Waals surface area contributed by atoms with Crippen LogP contribution in [0.1, 0.15) is 35.6 Å². The Morgan fingerprint density at radius 3 is 2.51 bits per heavy atom. The Morgan fingerprint density at radius 1 is 1.00 bits per heavy atom. The van der Waals surface area contributed by atoms with Crippen LogP contribution in [0.3, 0.4) is 0 Å². The normalized spacial score (nSPS) is 25.7. The molecule has 4 heteroatoms. The second-order valence-electron chi connectivity index (χ2n) is 10.8. The summed E-state index contributed by atoms with van der Waals surface area (Å²) in [5.41, 5.74) is 4.45. The summed E-state index contributed by atoms with van der Waals surface area (Å²) in [6, 6.07) is 28.8. The molecule has 3 fully saturated rings. The van der Waals surface area contributed by atoms with E-state index in [4.69, 9.17) is 4.74 Å². The van der Waals surface area contributed by atoms with Crippen LogP contribution >= 0.6 is 0 Å². The lowest BCUT2D eigenvalue weighted by Crippen LogP contribution is -2.67. The van der Waals surface area contributed by atoms with Gasteiger partial charge in [-0.2, -0.15) is 0 Å². The summed E-state index contributed by atoms with van der Waals surface area (Å²) in [6.07, 6.45) is 6.20. The molecule has 188 valence electrons. The smallest absolute Gasteiger partial charge is 0.135 e. The minimum atomic E-state index is -0.148. The van der Waals surface area contributed by atoms with Crippen LogP contribution in [0.2, 0.25) is 0 Å². The van der Waals surface area contributed by atoms with Crippen LogP contribution in [0, 0.1) is 11.8 Å². The average molecular weight is 491 g/mol. The lowest BCUT2D eigenvalue weighted by molar-refractivity contribution is -0.985. The molecule has 4 nitrogen and oxygen atoms in total. The van der Waals surface area contributed by atoms with E-state index in [1.165, 1.54) is 12.0 Å². The summed E-state index contributed by atoms with van der Waals surface area (Å²) >= 11 is 0. The third-order valence-corrected chi connectivity index (χ3v) is 8.69. The van der Waals surface area contributed by atoms with Gasteiger partial charge in [-0.15, -0.1) is 12.3 Å². The van der Waals surface area contributed by atoms with Crippen LogP contribution < -0.4 is 5.11 Å². The summed E-state index contributed by atoms with van der Waals surface area (Å²) in [7, 11) is 0. The SMILES string of the molecule is C=C[C@H]1C[N@+]2(Cc3ccccc3)CC[C@H]1C[C@H]2[C@H](OCc1ccccc1)c1ccnc2ccc([O-])cc12. The van der Waals surface area contributed by atoms with E-state index >= 15 is 0 Å². The van der Waals surface area contributed by atoms with Crippen LogP contribution in [0.4, 0.5) is 0 Å². The summed E-state index contributed by atoms with van der Waals surface area (Å²) < 4.78 is 7.90. The van der Waals surface area contributed by atoms with E-state index in [-0.39, 0.29) is 17.9 Å². The topological polar surface area (TPSA) is 45.2 Å². The van der Waals surface area contributed by atoms with E-state index < -0.39 is 0 Å². The zero-order valence-corrected chi connectivity index (χ0v) is 21.2. The number of hydrogen-bond donors (Lipinski definition) is 0. The summed E-state index contributed by atoms with van der Waals surface area (Å²) in [6.45, 7) is 7.93. The Balaban J connectivity index is 1.45. The van der Waals surface area contributed by atoms with Gasteiger partial charge in [-0.25, -0.2) is 0 Å². The van der Waals surface area contributed by atoms with Crippen molar-refractivity contribution in [1.29, 1.82) is 0 Å². The Bertz CT molecular complexity index is 1370. The van der Waals surface area contributed by atoms with Gasteiger partial charge in [0.05, 0.1) is 25.2 Å². The number of rotatable bonds is 8. The molecule has 3 saturated heterocycles. The highest BCUT2D eigenvalue weighted by Crippen LogP contribution is 2.49. The van der Waals surface area contributed by atoms with E-state index in [1.807, 2.05) is 18.3 Å². The molecular formula is C33H34N2O2. The lowest BCUT2D eigenvalue weighted by Gasteiger charge is -2.58. The first-order valence-corrected chi connectivity index (χ1v) is 13.4. The Labute approximate surface area is 219 Å². The van der Waals surface area contributed by atoms with Crippen LogP contribution in [-0.2, 0) is 17.9 Å². The molecule has 0 unspecified atom stereocenters. The number of fused-ring (bicyclic) bond motifs is 4. The standard InChI is InChI=1S/C33H34N2O2/c1-2-26-22-35(21-24-9-5-3-6-10-24)18-16-27(26)19-32(35)33(37-23-25-11-7-4-8-12-25)29-15-17-34-31-14-13-28(36)20-30(29)31/h2-15,17,20,26-27,32-33H,1,16,18-19,21-23H2/t26-,27-,32-,33+,35+/m0/s1. The van der Waals surface area contributed by atoms with Gasteiger partial charge >= 0.3 is 0 Å². The molecule has 0 saturated carbocycles. The quantitative estimate of drug-likeness (QED) is 0.219. The molecule has 37 heavy (non-hydrogen) atoms. The maximum absolute atomic E-state index is 12.4. The fraction of sp³-hybridized carbons (Fsp3) is 0.303. The molecule has 5 atom stereocenters. The molecular weight excluding hydrogens is 456 g/mol. The van der Waals surface area contributed by atoms with Crippen LogP contribution in [0.25, 0.3) is 10.9 Å². The highest BCUT2D eigenvalue weighted by atomic mass is 16.5. The number of nitrogens with zero attached hydrogens (tertiary/aromatic N) is 2. The van der Waals surface area contributed by atoms with Gasteiger partial charge in [0.15, 0.2) is 0 Å². The number of benzene rings is 3. The third kappa shape index (κ3) is 4.68. The molecule has 1 aromatic heterocycles. The van der Waals surface area contributed by atoms with Gasteiger partial charge in [-0.1, -0.05) is 78.9 Å². The van der Waals surface area contributed by atoms with Gasteiger partial charge in [-0.05, 0) is 29.2 Å². The van der Waals surface area contributed by atoms with Crippen molar-refractivity contribution in [3.8, 4) is 5.75 Å². The van der Waals surface area contributed by atoms with Gasteiger partial charge in [0.25, 0.3) is 0 Å². The lowest BCUT2D eigenvalue weighted by atomic mass is 9.71. The van der Waals surface area contributed by atoms with E-state index in [0.717, 1.165) is 52.6 Å². The first kappa shape index (κ1) is 23.9. The van der Waals surface area contributed by atoms with Crippen LogP contribution in [0.5, 0.6) is 5.75 Å². The summed E-state index contributed by atoms with van der Waals surface area (Å²) in [5.74, 6) is 1.14. The monoisotopic (exact) mass is 490 g/mol. The van der Waals surface area contributed by atoms with E-state index in [0.29, 0.717) is 18.4 Å². The highest BCUT2D eigenvalue weighted by molar-refractivity contribution is 5.83. The van der Waals surface area contributed by atoms with Gasteiger partial charge < -0.3 is 14.3 Å². The Kier molecular flexibility index (Phi) is 6.54. The largest absolute Gasteiger partial charge is 0.872 e. The Morgan fingerprint density at radius 2 is 1.76 bits per heavy atom. The van der Waals surface area contributed by atoms with Gasteiger partial charge in [0, 0.05) is 35.9 Å². The minimum absolute atomic E-state index is 0.00827. The zero-order valence-electron chi connectivity index (χ0n) is 21.2. The maximum Gasteiger partial charge on any atom is 0.135 e. The molecule has 0 aliphatic carbocycles. The number of quaternary nitrogens is 1. The van der Waals surface area contributed by atoms with Crippen molar-refractivity contribution in [2.24, 2.45) is 11.8 Å². The van der Waals surface area contributed by atoms with Crippen molar-refractivity contribution in [3.63, 3.8) is 0 Å². The van der Waals surface area contributed by atoms with Gasteiger partial charge in [0.2, 0.25) is 0 Å². The molecule has 3 aliphatic heterocycles. The molecule has 0 N–H and O–H groups in total. The van der Waals surface area contributed by atoms with E-state index in [2.05, 4.69) is 78.3 Å². The number of pyridine rings is 1. The van der Waals surface area contributed by atoms with Crippen LogP contribution in [-0.4, -0.2) is 28.6 Å². The molecule has 3 aromatic carbocycles. The third-order valence-electron chi connectivity index (χ3n) is 8.69. The molecule has 4 aromatic rings. The van der Waals surface area contributed by atoms with Crippen LogP contribution in [0.15, 0.2) is 104 Å². The van der Waals surface area contributed by atoms with Gasteiger partial charge in [0.1, 0.15) is 18.7 Å². The van der Waals surface area contributed by atoms with E-state index in [9.17, 15) is 5.11 Å². The van der Waals surface area contributed by atoms with Crippen molar-refractivity contribution in [2.45, 2.75) is 38.1 Å². The van der Waals surface area contributed by atoms with Crippen molar-refractivity contribution >= 4 is 10.9 Å². The van der Waals surface area contributed by atoms with Crippen molar-refractivity contribution in [3.05, 3.63) is 120 Å². The Hall–Kier alpha value is -3.47. The number of piperidine rings is 3. The fourth-order valence-electron chi connectivity index (χ4n) is 6.87. The van der Waals surface area contributed by atoms with E-state index in [1.54, 1.807) is 12.1 Å². The molecule has 2 bridgehead atoms. The summed E-state index contributed by atoms with van der Waals surface area (Å²) in [5, 5.41) is 13.4. The number of hydrogen-bond acceptors (Lipinski definition) is 3. The molecule has 3 aliphatic rings. The average Bonchev–Trinajstić information content (AvgIpc) is 2.94. The highest BCUT2D eigenvalue weighted by Gasteiger charge is 2.54. The molecule has 0 amide bonds. The van der Waals surface area contributed by atoms with Crippen molar-refractivity contribution < 1.29 is 14.3 Å². The predicted octanol–water partition coefficient (Wildman–Crippen LogP) is 6.18. The second-order valence-corrected chi connectivity index (χ2v) is 10.8. The first-order chi connectivity index (χ1) is 18.1. The zero-order chi connectivity index (χ0) is 25.2. The minimum Gasteiger partial charge on any atom is -0.872 e. The molecule has 0 spiro atoms. The van der Waals surface area contributed by atoms with Crippen molar-refractivity contribution in [1.82, 2.24) is 4.98 Å². The molecule has 4 heterocycles. The number of aromatic nitrogens is 1. The van der Waals surface area contributed by atoms with Crippen molar-refractivity contribution in [2.75, 3.05) is 13.1 Å². The van der Waals surface area contributed by atoms with Gasteiger partial charge in [-0.3, -0.25) is 4.98 Å². The molecule has 7 rings (SSSR count). The second kappa shape index (κ2) is 10.1.